The van der Waals surface area contributed by atoms with E-state index in [1.807, 2.05) is 0 Å². The Morgan fingerprint density at radius 1 is 0.229 bits per heavy atom. The summed E-state index contributed by atoms with van der Waals surface area (Å²) in [5.41, 5.74) is -21.6. The molecule has 2 aliphatic heterocycles. The van der Waals surface area contributed by atoms with Gasteiger partial charge < -0.3 is 22.4 Å². The van der Waals surface area contributed by atoms with E-state index < -0.39 is 206 Å². The van der Waals surface area contributed by atoms with Crippen LogP contribution < -0.4 is 22.4 Å². The Kier molecular flexibility index (Phi) is 13.1. The molecule has 0 fully saturated rings. The van der Waals surface area contributed by atoms with Crippen LogP contribution in [0, 0.1) is 116 Å². The topological polar surface area (TPSA) is 54.0 Å². The first-order chi connectivity index (χ1) is 32.1. The van der Waals surface area contributed by atoms with Crippen molar-refractivity contribution in [2.24, 2.45) is 0 Å². The van der Waals surface area contributed by atoms with Crippen molar-refractivity contribution in [2.45, 2.75) is 0 Å². The van der Waals surface area contributed by atoms with Crippen molar-refractivity contribution >= 4 is 46.4 Å². The molecule has 0 saturated carbocycles. The zero-order valence-corrected chi connectivity index (χ0v) is 34.6. The van der Waals surface area contributed by atoms with Crippen LogP contribution in [0.4, 0.5) is 87.8 Å². The molecule has 9 rings (SSSR count). The predicted molar refractivity (Wildman–Crippen MR) is 198 cm³/mol. The van der Waals surface area contributed by atoms with Gasteiger partial charge in [-0.3, -0.25) is 0 Å². The molecular formula is C44H8ClF20FeN4. The van der Waals surface area contributed by atoms with E-state index in [0.29, 0.717) is 48.6 Å². The van der Waals surface area contributed by atoms with E-state index in [-0.39, 0.29) is 29.5 Å². The maximum absolute atomic E-state index is 15.8. The number of hydrogen-bond acceptors (Lipinski definition) is 2. The minimum absolute atomic E-state index is 0. The molecule has 4 aromatic carbocycles. The normalized spacial score (nSPS) is 11.9. The summed E-state index contributed by atoms with van der Waals surface area (Å²) in [5, 5.41) is 0. The number of hydrogen-bond donors (Lipinski definition) is 0. The molecule has 2 aliphatic rings. The van der Waals surface area contributed by atoms with Gasteiger partial charge in [0.05, 0.1) is 45.0 Å². The van der Waals surface area contributed by atoms with E-state index in [1.54, 1.807) is 0 Å². The maximum atomic E-state index is 15.8. The monoisotopic (exact) mass is 1060 g/mol. The molecule has 0 spiro atoms. The Bertz CT molecular complexity index is 3130. The van der Waals surface area contributed by atoms with Gasteiger partial charge in [-0.1, -0.05) is 24.3 Å². The van der Waals surface area contributed by atoms with E-state index in [1.165, 1.54) is 0 Å². The van der Waals surface area contributed by atoms with Crippen molar-refractivity contribution in [2.75, 3.05) is 0 Å². The van der Waals surface area contributed by atoms with Crippen molar-refractivity contribution < 1.29 is 117 Å². The van der Waals surface area contributed by atoms with Gasteiger partial charge in [-0.2, -0.15) is 0 Å². The molecule has 26 heteroatoms. The molecular weight excluding hydrogens is 1060 g/mol. The number of halogens is 21. The van der Waals surface area contributed by atoms with Gasteiger partial charge in [-0.05, 0) is 46.6 Å². The van der Waals surface area contributed by atoms with E-state index in [4.69, 9.17) is 0 Å². The smallest absolute Gasteiger partial charge is 1.00 e. The van der Waals surface area contributed by atoms with Crippen LogP contribution in [0.3, 0.4) is 0 Å². The van der Waals surface area contributed by atoms with Crippen LogP contribution >= 0.6 is 0 Å². The standard InChI is InChI=1S/C44H8F20N4.ClH.Fe/c45-25-21(26(46)34(54)41(61)33(25)53)17-9-1-2-10(65-9)18(22-27(47)35(55)42(62)36(56)28(22)48)12-5-6-14(67-12)20(24-31(51)39(59)44(64)40(60)32(24)52)16-8-7-15(68-16)19(13-4-3-11(17)66-13)23-29(49)37(57)43(63)38(58)30(23)50;;/h1-8H;1H;/q-2;;+3/p-1. The molecule has 0 amide bonds. The Morgan fingerprint density at radius 3 is 0.529 bits per heavy atom. The minimum Gasteiger partial charge on any atom is -1.00 e. The maximum Gasteiger partial charge on any atom is 3.00 e. The fourth-order valence-electron chi connectivity index (χ4n) is 7.41. The van der Waals surface area contributed by atoms with Gasteiger partial charge >= 0.3 is 17.1 Å². The van der Waals surface area contributed by atoms with Crippen molar-refractivity contribution in [3.8, 4) is 44.5 Å². The predicted octanol–water partition coefficient (Wildman–Crippen LogP) is 10.4. The third-order valence-electron chi connectivity index (χ3n) is 10.4. The zero-order chi connectivity index (χ0) is 49.3. The van der Waals surface area contributed by atoms with Gasteiger partial charge in [0.25, 0.3) is 0 Å². The number of rotatable bonds is 4. The average Bonchev–Trinajstić information content (AvgIpc) is 4.18. The second kappa shape index (κ2) is 18.0. The number of nitrogens with zero attached hydrogens (tertiary/aromatic N) is 4. The molecule has 0 unspecified atom stereocenters. The van der Waals surface area contributed by atoms with E-state index in [0.717, 1.165) is 0 Å². The van der Waals surface area contributed by atoms with E-state index in [2.05, 4.69) is 19.9 Å². The van der Waals surface area contributed by atoms with E-state index >= 15 is 35.1 Å². The van der Waals surface area contributed by atoms with Crippen molar-refractivity contribution in [1.82, 2.24) is 19.9 Å². The van der Waals surface area contributed by atoms with Gasteiger partial charge in [-0.25, -0.2) is 97.8 Å². The summed E-state index contributed by atoms with van der Waals surface area (Å²) in [5.74, 6) is -53.1. The minimum atomic E-state index is -2.73. The van der Waals surface area contributed by atoms with Gasteiger partial charge in [0, 0.05) is 0 Å². The summed E-state index contributed by atoms with van der Waals surface area (Å²) in [7, 11) is 0. The summed E-state index contributed by atoms with van der Waals surface area (Å²) in [6, 6.07) is 2.26. The number of aromatic nitrogens is 4. The van der Waals surface area contributed by atoms with Gasteiger partial charge in [-0.15, -0.1) is 22.1 Å². The quantitative estimate of drug-likeness (QED) is 0.0763. The Labute approximate surface area is 390 Å². The van der Waals surface area contributed by atoms with Crippen LogP contribution in [0.25, 0.3) is 90.9 Å². The fraction of sp³-hybridized carbons (Fsp3) is 0. The zero-order valence-electron chi connectivity index (χ0n) is 32.7. The molecule has 3 aromatic heterocycles. The summed E-state index contributed by atoms with van der Waals surface area (Å²) < 4.78 is 303. The van der Waals surface area contributed by atoms with Crippen LogP contribution in [0.1, 0.15) is 22.8 Å². The molecule has 5 heterocycles. The largest absolute Gasteiger partial charge is 3.00 e. The Morgan fingerprint density at radius 2 is 0.371 bits per heavy atom. The molecule has 4 nitrogen and oxygen atoms in total. The van der Waals surface area contributed by atoms with Crippen molar-refractivity contribution in [3.63, 3.8) is 0 Å². The van der Waals surface area contributed by atoms with Crippen molar-refractivity contribution in [1.29, 1.82) is 0 Å². The molecule has 0 atom stereocenters. The average molecular weight is 1060 g/mol. The molecule has 1 radical (unpaired) electrons. The second-order valence-electron chi connectivity index (χ2n) is 14.1. The number of benzene rings is 4. The summed E-state index contributed by atoms with van der Waals surface area (Å²) >= 11 is 0. The second-order valence-corrected chi connectivity index (χ2v) is 14.1. The van der Waals surface area contributed by atoms with Gasteiger partial charge in [0.2, 0.25) is 23.3 Å². The molecule has 70 heavy (non-hydrogen) atoms. The van der Waals surface area contributed by atoms with E-state index in [9.17, 15) is 52.7 Å². The first-order valence-corrected chi connectivity index (χ1v) is 18.2. The molecule has 0 saturated heterocycles. The van der Waals surface area contributed by atoms with Crippen LogP contribution in [-0.4, -0.2) is 9.97 Å². The molecule has 0 aliphatic carbocycles. The third kappa shape index (κ3) is 7.31. The number of fused-ring (bicyclic) bond motifs is 8. The van der Waals surface area contributed by atoms with Crippen LogP contribution in [0.15, 0.2) is 24.3 Å². The first kappa shape index (κ1) is 50.8. The molecule has 359 valence electrons. The summed E-state index contributed by atoms with van der Waals surface area (Å²) in [4.78, 5) is 15.6. The summed E-state index contributed by atoms with van der Waals surface area (Å²) in [6.45, 7) is 0. The van der Waals surface area contributed by atoms with Crippen LogP contribution in [0.5, 0.6) is 0 Å². The van der Waals surface area contributed by atoms with Crippen LogP contribution in [0.2, 0.25) is 0 Å². The van der Waals surface area contributed by atoms with Gasteiger partial charge in [0.1, 0.15) is 0 Å². The van der Waals surface area contributed by atoms with Crippen LogP contribution in [-0.2, 0) is 17.1 Å². The Balaban J connectivity index is 0.00000361. The van der Waals surface area contributed by atoms with Gasteiger partial charge in [0.15, 0.2) is 93.1 Å². The summed E-state index contributed by atoms with van der Waals surface area (Å²) in [6.07, 6.45) is 2.26. The Hall–Kier alpha value is -7.11. The molecule has 0 N–H and O–H groups in total. The molecule has 7 aromatic rings. The fourth-order valence-corrected chi connectivity index (χ4v) is 7.41. The SMILES string of the molecule is Fc1c(F)c(F)c(-c2c3nc(c(-c4c(F)c(F)c(F)c(F)c4F)c4ccc([n-]4)c(-c4c(F)c(F)c(F)c(F)c4F)c4nc(c(-c5c(F)c(F)c(F)c(F)c5F)c5ccc2[n-]5)C=C4)C=C3)c(F)c1F.[Cl-].[Fe+3]. The molecule has 8 bridgehead atoms. The third-order valence-corrected chi connectivity index (χ3v) is 10.4. The first-order valence-electron chi connectivity index (χ1n) is 18.2. The van der Waals surface area contributed by atoms with Crippen molar-refractivity contribution in [3.05, 3.63) is 163 Å².